The van der Waals surface area contributed by atoms with Crippen LogP contribution in [0.25, 0.3) is 0 Å². The number of benzene rings is 1. The van der Waals surface area contributed by atoms with Gasteiger partial charge in [-0.1, -0.05) is 6.07 Å². The molecular formula is C27H30F4N6O. The van der Waals surface area contributed by atoms with Crippen LogP contribution < -0.4 is 15.5 Å². The number of carbonyl (C=O) groups is 1. The number of hydrogen-bond donors (Lipinski definition) is 3. The molecule has 1 saturated heterocycles. The van der Waals surface area contributed by atoms with Crippen molar-refractivity contribution < 1.29 is 22.4 Å². The minimum atomic E-state index is -3.57. The SMILES string of the molecule is CC(NC(=O)C(C)(F)F)[C@H](Nc1ccc(N2CCC(F)(F)CC2)cc1C=N)c1ccc(C2(C#N)CC2)nc1. The highest BCUT2D eigenvalue weighted by atomic mass is 19.3. The normalized spacial score (nSPS) is 19.6. The number of halogens is 4. The van der Waals surface area contributed by atoms with Crippen LogP contribution in [0, 0.1) is 16.7 Å². The van der Waals surface area contributed by atoms with Crippen molar-refractivity contribution in [3.63, 3.8) is 0 Å². The van der Waals surface area contributed by atoms with E-state index in [2.05, 4.69) is 21.7 Å². The number of rotatable bonds is 9. The van der Waals surface area contributed by atoms with Gasteiger partial charge in [0.15, 0.2) is 0 Å². The molecule has 4 rings (SSSR count). The van der Waals surface area contributed by atoms with Gasteiger partial charge in [-0.05, 0) is 49.6 Å². The van der Waals surface area contributed by atoms with Crippen molar-refractivity contribution in [2.24, 2.45) is 0 Å². The first kappa shape index (κ1) is 27.4. The van der Waals surface area contributed by atoms with Crippen LogP contribution in [0.5, 0.6) is 0 Å². The highest BCUT2D eigenvalue weighted by Crippen LogP contribution is 2.46. The number of aromatic nitrogens is 1. The zero-order valence-corrected chi connectivity index (χ0v) is 21.2. The van der Waals surface area contributed by atoms with Crippen LogP contribution in [0.4, 0.5) is 28.9 Å². The minimum Gasteiger partial charge on any atom is -0.376 e. The largest absolute Gasteiger partial charge is 0.376 e. The van der Waals surface area contributed by atoms with Crippen LogP contribution in [-0.2, 0) is 10.2 Å². The fourth-order valence-corrected chi connectivity index (χ4v) is 4.59. The molecule has 11 heteroatoms. The van der Waals surface area contributed by atoms with Gasteiger partial charge in [0.25, 0.3) is 11.8 Å². The van der Waals surface area contributed by atoms with Gasteiger partial charge < -0.3 is 20.9 Å². The smallest absolute Gasteiger partial charge is 0.321 e. The molecule has 2 aromatic rings. The number of anilines is 2. The lowest BCUT2D eigenvalue weighted by molar-refractivity contribution is -0.143. The third-order valence-corrected chi connectivity index (χ3v) is 7.22. The summed E-state index contributed by atoms with van der Waals surface area (Å²) in [6.07, 6.45) is 3.63. The Morgan fingerprint density at radius 3 is 2.42 bits per heavy atom. The molecule has 3 N–H and O–H groups in total. The van der Waals surface area contributed by atoms with Gasteiger partial charge >= 0.3 is 5.92 Å². The molecule has 1 aromatic heterocycles. The van der Waals surface area contributed by atoms with Gasteiger partial charge in [0.1, 0.15) is 0 Å². The Bertz CT molecular complexity index is 1220. The van der Waals surface area contributed by atoms with Gasteiger partial charge in [-0.3, -0.25) is 9.78 Å². The van der Waals surface area contributed by atoms with Crippen LogP contribution in [0.15, 0.2) is 36.5 Å². The van der Waals surface area contributed by atoms with E-state index in [0.717, 1.165) is 19.1 Å². The molecule has 1 aliphatic carbocycles. The van der Waals surface area contributed by atoms with Crippen LogP contribution in [0.1, 0.15) is 62.4 Å². The lowest BCUT2D eigenvalue weighted by atomic mass is 9.97. The number of hydrogen-bond acceptors (Lipinski definition) is 6. The minimum absolute atomic E-state index is 0.191. The van der Waals surface area contributed by atoms with Crippen LogP contribution in [0.2, 0.25) is 0 Å². The molecule has 2 aliphatic rings. The first-order valence-electron chi connectivity index (χ1n) is 12.5. The maximum atomic E-state index is 13.6. The quantitative estimate of drug-likeness (QED) is 0.306. The van der Waals surface area contributed by atoms with E-state index in [9.17, 15) is 27.6 Å². The first-order chi connectivity index (χ1) is 17.9. The maximum Gasteiger partial charge on any atom is 0.321 e. The maximum absolute atomic E-state index is 13.6. The van der Waals surface area contributed by atoms with Gasteiger partial charge in [-0.25, -0.2) is 8.78 Å². The molecule has 2 atom stereocenters. The second-order valence-electron chi connectivity index (χ2n) is 10.2. The van der Waals surface area contributed by atoms with Gasteiger partial charge in [0, 0.05) is 62.2 Å². The van der Waals surface area contributed by atoms with Crippen molar-refractivity contribution in [1.82, 2.24) is 10.3 Å². The number of piperidine rings is 1. The van der Waals surface area contributed by atoms with E-state index in [-0.39, 0.29) is 25.9 Å². The predicted molar refractivity (Wildman–Crippen MR) is 136 cm³/mol. The number of nitrogens with one attached hydrogen (secondary N) is 3. The average molecular weight is 531 g/mol. The van der Waals surface area contributed by atoms with E-state index in [4.69, 9.17) is 5.41 Å². The summed E-state index contributed by atoms with van der Waals surface area (Å²) < 4.78 is 54.4. The number of pyridine rings is 1. The molecule has 1 saturated carbocycles. The van der Waals surface area contributed by atoms with Crippen LogP contribution in [-0.4, -0.2) is 48.1 Å². The number of nitrogens with zero attached hydrogens (tertiary/aromatic N) is 3. The molecule has 38 heavy (non-hydrogen) atoms. The second kappa shape index (κ2) is 10.2. The van der Waals surface area contributed by atoms with Crippen molar-refractivity contribution in [2.75, 3.05) is 23.3 Å². The van der Waals surface area contributed by atoms with Crippen molar-refractivity contribution >= 4 is 23.5 Å². The van der Waals surface area contributed by atoms with E-state index in [1.807, 2.05) is 4.90 Å². The molecule has 2 heterocycles. The molecular weight excluding hydrogens is 500 g/mol. The monoisotopic (exact) mass is 530 g/mol. The van der Waals surface area contributed by atoms with E-state index in [1.165, 1.54) is 0 Å². The molecule has 7 nitrogen and oxygen atoms in total. The van der Waals surface area contributed by atoms with Crippen molar-refractivity contribution in [3.8, 4) is 6.07 Å². The first-order valence-corrected chi connectivity index (χ1v) is 12.5. The fourth-order valence-electron chi connectivity index (χ4n) is 4.59. The zero-order valence-electron chi connectivity index (χ0n) is 21.2. The van der Waals surface area contributed by atoms with Gasteiger partial charge in [0.2, 0.25) is 0 Å². The lowest BCUT2D eigenvalue weighted by Crippen LogP contribution is -2.46. The van der Waals surface area contributed by atoms with Crippen molar-refractivity contribution in [1.29, 1.82) is 10.7 Å². The Hall–Kier alpha value is -3.68. The van der Waals surface area contributed by atoms with Gasteiger partial charge in [0.05, 0.1) is 29.3 Å². The third kappa shape index (κ3) is 5.90. The van der Waals surface area contributed by atoms with E-state index < -0.39 is 35.3 Å². The van der Waals surface area contributed by atoms with E-state index in [1.54, 1.807) is 43.5 Å². The summed E-state index contributed by atoms with van der Waals surface area (Å²) >= 11 is 0. The summed E-state index contributed by atoms with van der Waals surface area (Å²) in [5.74, 6) is -7.67. The Labute approximate surface area is 218 Å². The number of amides is 1. The molecule has 0 bridgehead atoms. The molecule has 0 spiro atoms. The average Bonchev–Trinajstić information content (AvgIpc) is 3.68. The molecule has 1 aliphatic heterocycles. The molecule has 2 fully saturated rings. The molecule has 202 valence electrons. The fraction of sp³-hybridized carbons (Fsp3) is 0.481. The van der Waals surface area contributed by atoms with Gasteiger partial charge in [-0.15, -0.1) is 0 Å². The molecule has 1 unspecified atom stereocenters. The zero-order chi connectivity index (χ0) is 27.7. The van der Waals surface area contributed by atoms with E-state index >= 15 is 0 Å². The summed E-state index contributed by atoms with van der Waals surface area (Å²) in [5.41, 5.74) is 2.30. The summed E-state index contributed by atoms with van der Waals surface area (Å²) in [5, 5.41) is 23.0. The summed E-state index contributed by atoms with van der Waals surface area (Å²) in [4.78, 5) is 18.3. The molecule has 1 amide bonds. The Morgan fingerprint density at radius 1 is 1.21 bits per heavy atom. The third-order valence-electron chi connectivity index (χ3n) is 7.22. The second-order valence-corrected chi connectivity index (χ2v) is 10.2. The number of nitriles is 1. The number of alkyl halides is 4. The number of carbonyl (C=O) groups excluding carboxylic acids is 1. The standard InChI is InChI=1S/C27H30F4N6O/c1-17(35-24(38)25(2,28)29)23(18-3-6-22(34-15-18)26(16-33)7-8-26)36-21-5-4-20(13-19(21)14-32)37-11-9-27(30,31)10-12-37/h3-6,13-15,17,23,32,36H,7-12H2,1-2H3,(H,35,38)/t17?,23-/m0/s1. The summed E-state index contributed by atoms with van der Waals surface area (Å²) in [6.45, 7) is 2.49. The Kier molecular flexibility index (Phi) is 7.37. The van der Waals surface area contributed by atoms with Crippen LogP contribution in [0.3, 0.4) is 0 Å². The molecule has 0 radical (unpaired) electrons. The lowest BCUT2D eigenvalue weighted by Gasteiger charge is -2.34. The highest BCUT2D eigenvalue weighted by Gasteiger charge is 2.46. The summed E-state index contributed by atoms with van der Waals surface area (Å²) in [7, 11) is 0. The van der Waals surface area contributed by atoms with Gasteiger partial charge in [-0.2, -0.15) is 14.0 Å². The van der Waals surface area contributed by atoms with Crippen LogP contribution >= 0.6 is 0 Å². The molecule has 1 aromatic carbocycles. The Balaban J connectivity index is 1.61. The Morgan fingerprint density at radius 2 is 1.89 bits per heavy atom. The summed E-state index contributed by atoms with van der Waals surface area (Å²) in [6, 6.07) is 9.41. The topological polar surface area (TPSA) is 105 Å². The van der Waals surface area contributed by atoms with Crippen molar-refractivity contribution in [2.45, 2.75) is 68.9 Å². The predicted octanol–water partition coefficient (Wildman–Crippen LogP) is 5.18. The highest BCUT2D eigenvalue weighted by molar-refractivity contribution is 5.88. The van der Waals surface area contributed by atoms with E-state index in [0.29, 0.717) is 35.1 Å². The van der Waals surface area contributed by atoms with Crippen molar-refractivity contribution in [3.05, 3.63) is 53.3 Å².